The molecule has 1 heterocycles. The van der Waals surface area contributed by atoms with Gasteiger partial charge < -0.3 is 10.1 Å². The Morgan fingerprint density at radius 3 is 2.57 bits per heavy atom. The summed E-state index contributed by atoms with van der Waals surface area (Å²) in [4.78, 5) is 12.2. The first-order valence-corrected chi connectivity index (χ1v) is 11.7. The third kappa shape index (κ3) is 4.82. The summed E-state index contributed by atoms with van der Waals surface area (Å²) in [6, 6.07) is 10.1. The van der Waals surface area contributed by atoms with Crippen molar-refractivity contribution in [3.8, 4) is 5.75 Å². The number of carbonyl (C=O) groups is 1. The van der Waals surface area contributed by atoms with Crippen LogP contribution in [0.1, 0.15) is 49.9 Å². The van der Waals surface area contributed by atoms with Gasteiger partial charge in [-0.05, 0) is 68.7 Å². The normalized spacial score (nSPS) is 17.5. The molecule has 1 unspecified atom stereocenters. The topological polar surface area (TPSA) is 75.7 Å². The van der Waals surface area contributed by atoms with Crippen LogP contribution in [0.3, 0.4) is 0 Å². The molecule has 0 spiro atoms. The average Bonchev–Trinajstić information content (AvgIpc) is 2.75. The maximum atomic E-state index is 14.5. The van der Waals surface area contributed by atoms with Crippen LogP contribution in [0.25, 0.3) is 0 Å². The van der Waals surface area contributed by atoms with Crippen molar-refractivity contribution in [3.63, 3.8) is 0 Å². The lowest BCUT2D eigenvalue weighted by atomic mass is 10.0. The maximum absolute atomic E-state index is 14.5. The van der Waals surface area contributed by atoms with Crippen LogP contribution >= 0.6 is 0 Å². The molecule has 0 radical (unpaired) electrons. The second-order valence-electron chi connectivity index (χ2n) is 7.23. The molecule has 0 bridgehead atoms. The van der Waals surface area contributed by atoms with Crippen molar-refractivity contribution >= 4 is 21.6 Å². The number of ether oxygens (including phenoxy) is 1. The number of nitrogens with zero attached hydrogens (tertiary/aromatic N) is 1. The lowest BCUT2D eigenvalue weighted by Crippen LogP contribution is -2.43. The first kappa shape index (κ1) is 22.2. The highest BCUT2D eigenvalue weighted by Crippen LogP contribution is 2.29. The zero-order valence-electron chi connectivity index (χ0n) is 17.2. The average molecular weight is 435 g/mol. The molecule has 1 fully saturated rings. The number of hydrogen-bond donors (Lipinski definition) is 1. The number of benzene rings is 2. The minimum Gasteiger partial charge on any atom is -0.494 e. The molecule has 1 saturated heterocycles. The van der Waals surface area contributed by atoms with Crippen LogP contribution in [0.2, 0.25) is 0 Å². The zero-order chi connectivity index (χ0) is 21.7. The summed E-state index contributed by atoms with van der Waals surface area (Å²) < 4.78 is 47.6. The molecule has 162 valence electrons. The van der Waals surface area contributed by atoms with Crippen LogP contribution in [-0.4, -0.2) is 37.8 Å². The monoisotopic (exact) mass is 434 g/mol. The number of amides is 1. The number of nitrogens with one attached hydrogen (secondary N) is 1. The van der Waals surface area contributed by atoms with Gasteiger partial charge in [0.15, 0.2) is 0 Å². The second kappa shape index (κ2) is 9.57. The minimum absolute atomic E-state index is 0.0777. The highest BCUT2D eigenvalue weighted by Gasteiger charge is 2.34. The van der Waals surface area contributed by atoms with Crippen molar-refractivity contribution in [3.05, 3.63) is 53.8 Å². The van der Waals surface area contributed by atoms with Crippen LogP contribution in [0.4, 0.5) is 10.1 Å². The van der Waals surface area contributed by atoms with Gasteiger partial charge in [0.25, 0.3) is 5.91 Å². The van der Waals surface area contributed by atoms with Gasteiger partial charge in [-0.25, -0.2) is 12.8 Å². The van der Waals surface area contributed by atoms with Crippen LogP contribution in [-0.2, 0) is 10.0 Å². The van der Waals surface area contributed by atoms with E-state index in [1.807, 2.05) is 13.8 Å². The molecule has 1 N–H and O–H groups in total. The SMILES string of the molecule is CCOc1ccc(NC(=O)c2ccc(F)c(S(=O)(=O)N3CCCCC3CC)c2)cc1. The quantitative estimate of drug-likeness (QED) is 0.700. The largest absolute Gasteiger partial charge is 0.494 e. The Balaban J connectivity index is 1.84. The first-order valence-electron chi connectivity index (χ1n) is 10.2. The second-order valence-corrected chi connectivity index (χ2v) is 9.09. The molecular weight excluding hydrogens is 407 g/mol. The Morgan fingerprint density at radius 2 is 1.90 bits per heavy atom. The number of carbonyl (C=O) groups excluding carboxylic acids is 1. The van der Waals surface area contributed by atoms with Crippen molar-refractivity contribution in [2.24, 2.45) is 0 Å². The summed E-state index contributed by atoms with van der Waals surface area (Å²) >= 11 is 0. The predicted molar refractivity (Wildman–Crippen MR) is 114 cm³/mol. The molecule has 6 nitrogen and oxygen atoms in total. The van der Waals surface area contributed by atoms with Gasteiger partial charge in [0.05, 0.1) is 6.61 Å². The third-order valence-electron chi connectivity index (χ3n) is 5.25. The van der Waals surface area contributed by atoms with Crippen molar-refractivity contribution < 1.29 is 22.3 Å². The van der Waals surface area contributed by atoms with Crippen LogP contribution in [0.5, 0.6) is 5.75 Å². The van der Waals surface area contributed by atoms with E-state index in [4.69, 9.17) is 4.74 Å². The van der Waals surface area contributed by atoms with E-state index in [-0.39, 0.29) is 11.6 Å². The summed E-state index contributed by atoms with van der Waals surface area (Å²) in [6.45, 7) is 4.70. The fourth-order valence-corrected chi connectivity index (χ4v) is 5.53. The molecule has 2 aromatic carbocycles. The Labute approximate surface area is 177 Å². The predicted octanol–water partition coefficient (Wildman–Crippen LogP) is 4.43. The molecule has 0 aliphatic carbocycles. The molecule has 30 heavy (non-hydrogen) atoms. The number of sulfonamides is 1. The van der Waals surface area contributed by atoms with Crippen molar-refractivity contribution in [2.75, 3.05) is 18.5 Å². The molecule has 1 atom stereocenters. The molecule has 1 amide bonds. The molecule has 2 aromatic rings. The smallest absolute Gasteiger partial charge is 0.255 e. The molecule has 8 heteroatoms. The van der Waals surface area contributed by atoms with E-state index in [0.29, 0.717) is 31.0 Å². The molecule has 0 saturated carbocycles. The lowest BCUT2D eigenvalue weighted by molar-refractivity contribution is 0.102. The van der Waals surface area contributed by atoms with Crippen molar-refractivity contribution in [1.82, 2.24) is 4.31 Å². The summed E-state index contributed by atoms with van der Waals surface area (Å²) in [6.07, 6.45) is 3.13. The minimum atomic E-state index is -4.03. The molecular formula is C22H27FN2O4S. The highest BCUT2D eigenvalue weighted by atomic mass is 32.2. The Bertz CT molecular complexity index is 993. The Kier molecular flexibility index (Phi) is 7.10. The summed E-state index contributed by atoms with van der Waals surface area (Å²) in [5, 5.41) is 2.70. The van der Waals surface area contributed by atoms with Gasteiger partial charge in [-0.1, -0.05) is 13.3 Å². The number of halogens is 1. The maximum Gasteiger partial charge on any atom is 0.255 e. The van der Waals surface area contributed by atoms with E-state index in [1.165, 1.54) is 10.4 Å². The van der Waals surface area contributed by atoms with E-state index in [1.54, 1.807) is 24.3 Å². The van der Waals surface area contributed by atoms with Gasteiger partial charge in [-0.2, -0.15) is 4.31 Å². The van der Waals surface area contributed by atoms with Gasteiger partial charge in [0.2, 0.25) is 10.0 Å². The lowest BCUT2D eigenvalue weighted by Gasteiger charge is -2.34. The summed E-state index contributed by atoms with van der Waals surface area (Å²) in [5.74, 6) is -0.688. The molecule has 0 aromatic heterocycles. The van der Waals surface area contributed by atoms with Gasteiger partial charge in [0.1, 0.15) is 16.5 Å². The Hall–Kier alpha value is -2.45. The van der Waals surface area contributed by atoms with Gasteiger partial charge >= 0.3 is 0 Å². The van der Waals surface area contributed by atoms with Gasteiger partial charge in [0, 0.05) is 23.8 Å². The van der Waals surface area contributed by atoms with E-state index < -0.39 is 26.6 Å². The number of piperidine rings is 1. The van der Waals surface area contributed by atoms with Gasteiger partial charge in [-0.3, -0.25) is 4.79 Å². The third-order valence-corrected chi connectivity index (χ3v) is 7.21. The summed E-state index contributed by atoms with van der Waals surface area (Å²) in [7, 11) is -4.03. The van der Waals surface area contributed by atoms with Crippen LogP contribution < -0.4 is 10.1 Å². The number of anilines is 1. The number of hydrogen-bond acceptors (Lipinski definition) is 4. The fourth-order valence-electron chi connectivity index (χ4n) is 3.67. The highest BCUT2D eigenvalue weighted by molar-refractivity contribution is 7.89. The molecule has 1 aliphatic heterocycles. The summed E-state index contributed by atoms with van der Waals surface area (Å²) in [5.41, 5.74) is 0.605. The Morgan fingerprint density at radius 1 is 1.17 bits per heavy atom. The van der Waals surface area contributed by atoms with E-state index in [2.05, 4.69) is 5.32 Å². The van der Waals surface area contributed by atoms with E-state index in [9.17, 15) is 17.6 Å². The number of rotatable bonds is 7. The van der Waals surface area contributed by atoms with Crippen LogP contribution in [0.15, 0.2) is 47.4 Å². The molecule has 1 aliphatic rings. The zero-order valence-corrected chi connectivity index (χ0v) is 18.0. The molecule has 3 rings (SSSR count). The first-order chi connectivity index (χ1) is 14.4. The van der Waals surface area contributed by atoms with E-state index >= 15 is 0 Å². The standard InChI is InChI=1S/C22H27FN2O4S/c1-3-18-7-5-6-14-25(18)30(27,28)21-15-16(8-13-20(21)23)22(26)24-17-9-11-19(12-10-17)29-4-2/h8-13,15,18H,3-7,14H2,1-2H3,(H,24,26). The van der Waals surface area contributed by atoms with Crippen molar-refractivity contribution in [2.45, 2.75) is 50.5 Å². The van der Waals surface area contributed by atoms with Crippen molar-refractivity contribution in [1.29, 1.82) is 0 Å². The van der Waals surface area contributed by atoms with E-state index in [0.717, 1.165) is 31.4 Å². The fraction of sp³-hybridized carbons (Fsp3) is 0.409. The van der Waals surface area contributed by atoms with Crippen LogP contribution in [0, 0.1) is 5.82 Å². The van der Waals surface area contributed by atoms with Gasteiger partial charge in [-0.15, -0.1) is 0 Å².